The smallest absolute Gasteiger partial charge is 0.409 e. The predicted octanol–water partition coefficient (Wildman–Crippen LogP) is 3.38. The summed E-state index contributed by atoms with van der Waals surface area (Å²) in [7, 11) is 0. The highest BCUT2D eigenvalue weighted by Crippen LogP contribution is 2.26. The summed E-state index contributed by atoms with van der Waals surface area (Å²) in [5.74, 6) is 0.547. The van der Waals surface area contributed by atoms with Crippen LogP contribution >= 0.6 is 0 Å². The van der Waals surface area contributed by atoms with Crippen LogP contribution in [0.3, 0.4) is 0 Å². The molecular formula is C17H25N3O2. The monoisotopic (exact) mass is 303 g/mol. The Labute approximate surface area is 132 Å². The highest BCUT2D eigenvalue weighted by molar-refractivity contribution is 5.88. The van der Waals surface area contributed by atoms with Gasteiger partial charge in [0, 0.05) is 29.6 Å². The number of para-hydroxylation sites is 1. The lowest BCUT2D eigenvalue weighted by Gasteiger charge is -2.43. The third kappa shape index (κ3) is 4.56. The van der Waals surface area contributed by atoms with Crippen molar-refractivity contribution in [1.29, 1.82) is 0 Å². The molecule has 0 unspecified atom stereocenters. The van der Waals surface area contributed by atoms with Crippen molar-refractivity contribution in [1.82, 2.24) is 10.7 Å². The van der Waals surface area contributed by atoms with Gasteiger partial charge in [-0.2, -0.15) is 5.10 Å². The first kappa shape index (κ1) is 16.5. The summed E-state index contributed by atoms with van der Waals surface area (Å²) in [6.07, 6.45) is 1.03. The summed E-state index contributed by atoms with van der Waals surface area (Å²) in [6, 6.07) is 7.39. The van der Waals surface area contributed by atoms with E-state index < -0.39 is 6.09 Å². The molecule has 22 heavy (non-hydrogen) atoms. The number of hydrogen-bond donors (Lipinski definition) is 2. The number of amides is 1. The zero-order chi connectivity index (χ0) is 16.4. The molecule has 0 aromatic heterocycles. The second-order valence-corrected chi connectivity index (χ2v) is 7.19. The Morgan fingerprint density at radius 2 is 1.77 bits per heavy atom. The van der Waals surface area contributed by atoms with Gasteiger partial charge >= 0.3 is 6.09 Å². The van der Waals surface area contributed by atoms with Gasteiger partial charge < -0.3 is 10.1 Å². The average Bonchev–Trinajstić information content (AvgIpc) is 2.35. The molecule has 5 nitrogen and oxygen atoms in total. The molecule has 1 saturated heterocycles. The third-order valence-corrected chi connectivity index (χ3v) is 3.57. The molecule has 5 heteroatoms. The van der Waals surface area contributed by atoms with E-state index in [9.17, 15) is 4.79 Å². The standard InChI is InChI=1S/C17H25N3O2/c1-12-8-6-7-9-14(12)22-15(21)19-18-13-10-16(2,3)20-17(4,5)11-13/h6-9,20H,10-11H2,1-5H3,(H,19,21). The van der Waals surface area contributed by atoms with E-state index in [0.29, 0.717) is 5.75 Å². The van der Waals surface area contributed by atoms with E-state index in [1.165, 1.54) is 0 Å². The minimum atomic E-state index is -0.559. The van der Waals surface area contributed by atoms with Crippen LogP contribution in [0.1, 0.15) is 46.1 Å². The summed E-state index contributed by atoms with van der Waals surface area (Å²) in [5, 5.41) is 7.82. The molecule has 1 fully saturated rings. The molecule has 1 heterocycles. The molecule has 0 atom stereocenters. The van der Waals surface area contributed by atoms with E-state index in [4.69, 9.17) is 4.74 Å². The number of nitrogens with zero attached hydrogens (tertiary/aromatic N) is 1. The molecule has 120 valence electrons. The highest BCUT2D eigenvalue weighted by Gasteiger charge is 2.35. The van der Waals surface area contributed by atoms with Gasteiger partial charge in [0.25, 0.3) is 0 Å². The topological polar surface area (TPSA) is 62.7 Å². The summed E-state index contributed by atoms with van der Waals surface area (Å²) < 4.78 is 5.27. The van der Waals surface area contributed by atoms with Crippen LogP contribution in [0.5, 0.6) is 5.75 Å². The Bertz CT molecular complexity index is 573. The first-order valence-electron chi connectivity index (χ1n) is 7.55. The average molecular weight is 303 g/mol. The van der Waals surface area contributed by atoms with Crippen LogP contribution < -0.4 is 15.5 Å². The summed E-state index contributed by atoms with van der Waals surface area (Å²) in [4.78, 5) is 11.9. The number of benzene rings is 1. The van der Waals surface area contributed by atoms with Crippen molar-refractivity contribution in [2.75, 3.05) is 0 Å². The molecule has 0 saturated carbocycles. The van der Waals surface area contributed by atoms with Crippen molar-refractivity contribution < 1.29 is 9.53 Å². The number of carbonyl (C=O) groups is 1. The van der Waals surface area contributed by atoms with Crippen LogP contribution in [0.25, 0.3) is 0 Å². The molecular weight excluding hydrogens is 278 g/mol. The molecule has 2 rings (SSSR count). The SMILES string of the molecule is Cc1ccccc1OC(=O)NN=C1CC(C)(C)NC(C)(C)C1. The van der Waals surface area contributed by atoms with Crippen LogP contribution in [0.4, 0.5) is 4.79 Å². The number of aryl methyl sites for hydroxylation is 1. The zero-order valence-corrected chi connectivity index (χ0v) is 14.0. The normalized spacial score (nSPS) is 19.4. The minimum Gasteiger partial charge on any atom is -0.409 e. The molecule has 1 aromatic carbocycles. The van der Waals surface area contributed by atoms with Crippen molar-refractivity contribution in [3.8, 4) is 5.75 Å². The maximum atomic E-state index is 11.9. The van der Waals surface area contributed by atoms with Crippen LogP contribution in [0.15, 0.2) is 29.4 Å². The van der Waals surface area contributed by atoms with Gasteiger partial charge in [0.15, 0.2) is 0 Å². The van der Waals surface area contributed by atoms with E-state index >= 15 is 0 Å². The molecule has 1 amide bonds. The number of ether oxygens (including phenoxy) is 1. The first-order valence-corrected chi connectivity index (χ1v) is 7.55. The lowest BCUT2D eigenvalue weighted by molar-refractivity contribution is 0.200. The Kier molecular flexibility index (Phi) is 4.56. The van der Waals surface area contributed by atoms with Gasteiger partial charge in [-0.3, -0.25) is 0 Å². The molecule has 1 aliphatic rings. The zero-order valence-electron chi connectivity index (χ0n) is 14.0. The van der Waals surface area contributed by atoms with Crippen molar-refractivity contribution in [3.05, 3.63) is 29.8 Å². The summed E-state index contributed by atoms with van der Waals surface area (Å²) in [6.45, 7) is 10.4. The minimum absolute atomic E-state index is 0.0395. The fourth-order valence-corrected chi connectivity index (χ4v) is 3.08. The second kappa shape index (κ2) is 6.08. The maximum absolute atomic E-state index is 11.9. The number of nitrogens with one attached hydrogen (secondary N) is 2. The van der Waals surface area contributed by atoms with Gasteiger partial charge in [0.2, 0.25) is 0 Å². The van der Waals surface area contributed by atoms with Crippen LogP contribution in [0, 0.1) is 6.92 Å². The quantitative estimate of drug-likeness (QED) is 0.823. The van der Waals surface area contributed by atoms with Crippen LogP contribution in [0.2, 0.25) is 0 Å². The van der Waals surface area contributed by atoms with Crippen molar-refractivity contribution in [2.24, 2.45) is 5.10 Å². The molecule has 2 N–H and O–H groups in total. The maximum Gasteiger partial charge on any atom is 0.433 e. The largest absolute Gasteiger partial charge is 0.433 e. The van der Waals surface area contributed by atoms with Gasteiger partial charge in [-0.25, -0.2) is 10.2 Å². The third-order valence-electron chi connectivity index (χ3n) is 3.57. The van der Waals surface area contributed by atoms with Crippen molar-refractivity contribution in [2.45, 2.75) is 58.5 Å². The van der Waals surface area contributed by atoms with E-state index in [0.717, 1.165) is 24.1 Å². The number of hydrogen-bond acceptors (Lipinski definition) is 4. The molecule has 0 radical (unpaired) electrons. The van der Waals surface area contributed by atoms with Gasteiger partial charge in [-0.05, 0) is 46.2 Å². The highest BCUT2D eigenvalue weighted by atomic mass is 16.6. The Morgan fingerprint density at radius 1 is 1.18 bits per heavy atom. The lowest BCUT2D eigenvalue weighted by Crippen LogP contribution is -2.58. The lowest BCUT2D eigenvalue weighted by atomic mass is 9.81. The molecule has 0 aliphatic carbocycles. The molecule has 0 spiro atoms. The number of piperidine rings is 1. The summed E-state index contributed by atoms with van der Waals surface area (Å²) >= 11 is 0. The van der Waals surface area contributed by atoms with E-state index in [1.807, 2.05) is 25.1 Å². The van der Waals surface area contributed by atoms with E-state index in [1.54, 1.807) is 6.07 Å². The van der Waals surface area contributed by atoms with E-state index in [-0.39, 0.29) is 11.1 Å². The van der Waals surface area contributed by atoms with Crippen molar-refractivity contribution in [3.63, 3.8) is 0 Å². The second-order valence-electron chi connectivity index (χ2n) is 7.19. The Balaban J connectivity index is 1.99. The fraction of sp³-hybridized carbons (Fsp3) is 0.529. The van der Waals surface area contributed by atoms with Gasteiger partial charge in [0.05, 0.1) is 0 Å². The Hall–Kier alpha value is -1.88. The first-order chi connectivity index (χ1) is 10.2. The van der Waals surface area contributed by atoms with Gasteiger partial charge in [0.1, 0.15) is 5.75 Å². The number of carbonyl (C=O) groups excluding carboxylic acids is 1. The van der Waals surface area contributed by atoms with Crippen LogP contribution in [-0.4, -0.2) is 22.9 Å². The fourth-order valence-electron chi connectivity index (χ4n) is 3.08. The Morgan fingerprint density at radius 3 is 2.36 bits per heavy atom. The van der Waals surface area contributed by atoms with Gasteiger partial charge in [-0.15, -0.1) is 0 Å². The molecule has 1 aliphatic heterocycles. The van der Waals surface area contributed by atoms with Crippen LogP contribution in [-0.2, 0) is 0 Å². The summed E-state index contributed by atoms with van der Waals surface area (Å²) in [5.41, 5.74) is 4.30. The van der Waals surface area contributed by atoms with Gasteiger partial charge in [-0.1, -0.05) is 18.2 Å². The predicted molar refractivity (Wildman–Crippen MR) is 88.3 cm³/mol. The molecule has 1 aromatic rings. The number of hydrazone groups is 1. The molecule has 0 bridgehead atoms. The van der Waals surface area contributed by atoms with Crippen molar-refractivity contribution >= 4 is 11.8 Å². The number of rotatable bonds is 2. The van der Waals surface area contributed by atoms with E-state index in [2.05, 4.69) is 43.5 Å².